The van der Waals surface area contributed by atoms with Crippen LogP contribution in [0.1, 0.15) is 70.8 Å². The Kier molecular flexibility index (Phi) is 14.2. The van der Waals surface area contributed by atoms with E-state index in [1.54, 1.807) is 6.92 Å². The average Bonchev–Trinajstić information content (AvgIpc) is 2.75. The van der Waals surface area contributed by atoms with Gasteiger partial charge in [-0.25, -0.2) is 13.1 Å². The second kappa shape index (κ2) is 16.1. The molecule has 1 unspecified atom stereocenters. The number of aryl methyl sites for hydroxylation is 1. The molecule has 0 radical (unpaired) electrons. The van der Waals surface area contributed by atoms with Gasteiger partial charge in [-0.3, -0.25) is 4.79 Å². The quantitative estimate of drug-likeness (QED) is 0.258. The van der Waals surface area contributed by atoms with E-state index < -0.39 is 16.1 Å². The maximum atomic E-state index is 12.0. The minimum Gasteiger partial charge on any atom is -0.491 e. The highest BCUT2D eigenvalue weighted by molar-refractivity contribution is 7.89. The van der Waals surface area contributed by atoms with Gasteiger partial charge < -0.3 is 14.6 Å². The van der Waals surface area contributed by atoms with Crippen molar-refractivity contribution in [3.63, 3.8) is 0 Å². The molecule has 1 atom stereocenters. The minimum atomic E-state index is -3.29. The van der Waals surface area contributed by atoms with E-state index in [4.69, 9.17) is 9.47 Å². The zero-order valence-electron chi connectivity index (χ0n) is 19.0. The van der Waals surface area contributed by atoms with Crippen LogP contribution in [-0.2, 0) is 26.0 Å². The van der Waals surface area contributed by atoms with Gasteiger partial charge in [0.1, 0.15) is 12.4 Å². The van der Waals surface area contributed by atoms with Crippen molar-refractivity contribution in [2.45, 2.75) is 77.7 Å². The number of sulfonamides is 1. The van der Waals surface area contributed by atoms with E-state index in [-0.39, 0.29) is 18.3 Å². The number of hydrogen-bond acceptors (Lipinski definition) is 6. The van der Waals surface area contributed by atoms with Gasteiger partial charge in [-0.15, -0.1) is 0 Å². The molecule has 0 saturated carbocycles. The fourth-order valence-corrected chi connectivity index (χ4v) is 4.27. The van der Waals surface area contributed by atoms with Crippen LogP contribution >= 0.6 is 0 Å². The summed E-state index contributed by atoms with van der Waals surface area (Å²) in [5.41, 5.74) is 1.18. The summed E-state index contributed by atoms with van der Waals surface area (Å²) in [5.74, 6) is 0.624. The fraction of sp³-hybridized carbons (Fsp3) is 0.696. The molecule has 7 nitrogen and oxygen atoms in total. The van der Waals surface area contributed by atoms with Crippen molar-refractivity contribution in [1.29, 1.82) is 0 Å². The van der Waals surface area contributed by atoms with Gasteiger partial charge in [-0.1, -0.05) is 31.9 Å². The van der Waals surface area contributed by atoms with Crippen LogP contribution in [0, 0.1) is 0 Å². The van der Waals surface area contributed by atoms with Gasteiger partial charge in [-0.2, -0.15) is 0 Å². The van der Waals surface area contributed by atoms with E-state index in [9.17, 15) is 18.3 Å². The number of ether oxygens (including phenoxy) is 2. The molecule has 0 spiro atoms. The Bertz CT molecular complexity index is 723. The largest absolute Gasteiger partial charge is 0.491 e. The van der Waals surface area contributed by atoms with Crippen LogP contribution in [0.2, 0.25) is 0 Å². The molecule has 8 heteroatoms. The summed E-state index contributed by atoms with van der Waals surface area (Å²) in [4.78, 5) is 11.2. The van der Waals surface area contributed by atoms with E-state index in [1.807, 2.05) is 24.3 Å². The smallest absolute Gasteiger partial charge is 0.305 e. The predicted octanol–water partition coefficient (Wildman–Crippen LogP) is 3.59. The number of hydrogen-bond donors (Lipinski definition) is 2. The Morgan fingerprint density at radius 1 is 1.10 bits per heavy atom. The van der Waals surface area contributed by atoms with Crippen molar-refractivity contribution >= 4 is 16.0 Å². The molecule has 0 aromatic heterocycles. The van der Waals surface area contributed by atoms with Crippen LogP contribution in [0.5, 0.6) is 5.75 Å². The molecular weight excluding hydrogens is 418 g/mol. The maximum absolute atomic E-state index is 12.0. The third-order valence-electron chi connectivity index (χ3n) is 4.88. The molecule has 178 valence electrons. The zero-order chi connectivity index (χ0) is 23.0. The summed E-state index contributed by atoms with van der Waals surface area (Å²) in [6, 6.07) is 7.79. The van der Waals surface area contributed by atoms with Crippen molar-refractivity contribution in [2.24, 2.45) is 0 Å². The molecule has 1 rings (SSSR count). The van der Waals surface area contributed by atoms with Gasteiger partial charge in [0, 0.05) is 13.0 Å². The number of benzene rings is 1. The second-order valence-corrected chi connectivity index (χ2v) is 9.57. The molecule has 0 fully saturated rings. The van der Waals surface area contributed by atoms with Crippen LogP contribution in [0.3, 0.4) is 0 Å². The zero-order valence-corrected chi connectivity index (χ0v) is 19.8. The fourth-order valence-electron chi connectivity index (χ4n) is 3.08. The van der Waals surface area contributed by atoms with E-state index in [0.717, 1.165) is 37.9 Å². The Balaban J connectivity index is 2.06. The Morgan fingerprint density at radius 2 is 1.87 bits per heavy atom. The third-order valence-corrected chi connectivity index (χ3v) is 6.35. The lowest BCUT2D eigenvalue weighted by Crippen LogP contribution is -2.27. The highest BCUT2D eigenvalue weighted by atomic mass is 32.2. The summed E-state index contributed by atoms with van der Waals surface area (Å²) in [6.45, 7) is 4.88. The molecule has 0 aliphatic heterocycles. The number of unbranched alkanes of at least 4 members (excludes halogenated alkanes) is 4. The number of nitrogens with one attached hydrogen (secondary N) is 1. The van der Waals surface area contributed by atoms with Crippen molar-refractivity contribution in [2.75, 3.05) is 25.5 Å². The Morgan fingerprint density at radius 3 is 2.61 bits per heavy atom. The number of esters is 1. The first kappa shape index (κ1) is 27.4. The molecule has 0 saturated heterocycles. The Labute approximate surface area is 187 Å². The highest BCUT2D eigenvalue weighted by Crippen LogP contribution is 2.14. The van der Waals surface area contributed by atoms with E-state index >= 15 is 0 Å². The monoisotopic (exact) mass is 457 g/mol. The van der Waals surface area contributed by atoms with E-state index in [2.05, 4.69) is 11.6 Å². The lowest BCUT2D eigenvalue weighted by Gasteiger charge is -2.13. The van der Waals surface area contributed by atoms with Crippen LogP contribution in [0.15, 0.2) is 24.3 Å². The maximum Gasteiger partial charge on any atom is 0.305 e. The van der Waals surface area contributed by atoms with Crippen molar-refractivity contribution in [3.8, 4) is 5.75 Å². The summed E-state index contributed by atoms with van der Waals surface area (Å²) >= 11 is 0. The van der Waals surface area contributed by atoms with Gasteiger partial charge in [0.25, 0.3) is 0 Å². The highest BCUT2D eigenvalue weighted by Gasteiger charge is 2.11. The van der Waals surface area contributed by atoms with Crippen molar-refractivity contribution in [1.82, 2.24) is 4.72 Å². The molecular formula is C23H39NO6S. The van der Waals surface area contributed by atoms with Crippen molar-refractivity contribution < 1.29 is 27.8 Å². The van der Waals surface area contributed by atoms with Crippen LogP contribution in [0.25, 0.3) is 0 Å². The lowest BCUT2D eigenvalue weighted by atomic mass is 10.1. The molecule has 0 bridgehead atoms. The van der Waals surface area contributed by atoms with E-state index in [0.29, 0.717) is 38.8 Å². The van der Waals surface area contributed by atoms with Gasteiger partial charge in [0.2, 0.25) is 10.0 Å². The summed E-state index contributed by atoms with van der Waals surface area (Å²) in [5, 5.41) is 10.1. The topological polar surface area (TPSA) is 102 Å². The average molecular weight is 458 g/mol. The molecule has 0 heterocycles. The molecule has 0 aliphatic carbocycles. The molecule has 2 N–H and O–H groups in total. The van der Waals surface area contributed by atoms with E-state index in [1.165, 1.54) is 5.56 Å². The third kappa shape index (κ3) is 14.1. The number of carbonyl (C=O) groups excluding carboxylic acids is 1. The molecule has 0 amide bonds. The van der Waals surface area contributed by atoms with Crippen molar-refractivity contribution in [3.05, 3.63) is 29.8 Å². The first-order chi connectivity index (χ1) is 14.9. The summed E-state index contributed by atoms with van der Waals surface area (Å²) in [6.07, 6.45) is 5.61. The lowest BCUT2D eigenvalue weighted by molar-refractivity contribution is -0.143. The number of aliphatic hydroxyl groups is 1. The summed E-state index contributed by atoms with van der Waals surface area (Å²) < 4.78 is 37.2. The van der Waals surface area contributed by atoms with Gasteiger partial charge in [0.15, 0.2) is 0 Å². The second-order valence-electron chi connectivity index (χ2n) is 7.64. The van der Waals surface area contributed by atoms with Gasteiger partial charge >= 0.3 is 5.97 Å². The number of rotatable bonds is 18. The number of carbonyl (C=O) groups is 1. The molecule has 31 heavy (non-hydrogen) atoms. The Hall–Kier alpha value is -1.64. The van der Waals surface area contributed by atoms with Crippen LogP contribution in [0.4, 0.5) is 0 Å². The van der Waals surface area contributed by atoms with Gasteiger partial charge in [0.05, 0.1) is 18.5 Å². The molecule has 1 aromatic carbocycles. The minimum absolute atomic E-state index is 0.0575. The van der Waals surface area contributed by atoms with Gasteiger partial charge in [-0.05, 0) is 63.1 Å². The van der Waals surface area contributed by atoms with Crippen LogP contribution < -0.4 is 9.46 Å². The molecule has 1 aromatic rings. The predicted molar refractivity (Wildman–Crippen MR) is 123 cm³/mol. The SMILES string of the molecule is CCOC(=O)CCCCCCNS(=O)(=O)CCCCC(O)COc1cccc(CC)c1. The molecule has 0 aliphatic rings. The number of aliphatic hydroxyl groups excluding tert-OH is 1. The first-order valence-corrected chi connectivity index (χ1v) is 13.0. The van der Waals surface area contributed by atoms with Crippen LogP contribution in [-0.4, -0.2) is 51.1 Å². The standard InChI is InChI=1S/C23H39NO6S/c1-3-20-12-11-14-22(18-20)30-19-21(25)13-8-10-17-31(27,28)24-16-9-6-5-7-15-23(26)29-4-2/h11-12,14,18,21,24-25H,3-10,13,15-17,19H2,1-2H3. The normalized spacial score (nSPS) is 12.5. The summed E-state index contributed by atoms with van der Waals surface area (Å²) in [7, 11) is -3.29. The first-order valence-electron chi connectivity index (χ1n) is 11.4.